The van der Waals surface area contributed by atoms with Crippen molar-refractivity contribution in [1.82, 2.24) is 5.32 Å². The number of hydrogen-bond donors (Lipinski definition) is 2. The third-order valence-corrected chi connectivity index (χ3v) is 4.61. The van der Waals surface area contributed by atoms with Gasteiger partial charge in [0.15, 0.2) is 0 Å². The molecule has 2 rings (SSSR count). The second-order valence-electron chi connectivity index (χ2n) is 7.50. The van der Waals surface area contributed by atoms with Crippen LogP contribution in [0.1, 0.15) is 61.8 Å². The number of para-hydroxylation sites is 1. The molecule has 5 nitrogen and oxygen atoms in total. The summed E-state index contributed by atoms with van der Waals surface area (Å²) in [6.45, 7) is 9.70. The minimum Gasteiger partial charge on any atom is -0.490 e. The lowest BCUT2D eigenvalue weighted by Crippen LogP contribution is -2.42. The third-order valence-electron chi connectivity index (χ3n) is 4.30. The van der Waals surface area contributed by atoms with Crippen molar-refractivity contribution in [2.45, 2.75) is 52.7 Å². The number of carbonyl (C=O) groups excluding carboxylic acids is 2. The fourth-order valence-electron chi connectivity index (χ4n) is 2.45. The average Bonchev–Trinajstić information content (AvgIpc) is 2.61. The van der Waals surface area contributed by atoms with Gasteiger partial charge in [0.25, 0.3) is 11.8 Å². The Morgan fingerprint density at radius 3 is 2.36 bits per heavy atom. The highest BCUT2D eigenvalue weighted by Crippen LogP contribution is 2.24. The average molecular weight is 403 g/mol. The first-order valence-electron chi connectivity index (χ1n) is 9.32. The SMILES string of the molecule is CCC(C)(C)NC(=O)c1ccc(NC(=O)c2ccccc2OC(C)C)cc1Cl. The Hall–Kier alpha value is -2.53. The summed E-state index contributed by atoms with van der Waals surface area (Å²) >= 11 is 6.29. The van der Waals surface area contributed by atoms with Crippen molar-refractivity contribution in [3.05, 3.63) is 58.6 Å². The first-order chi connectivity index (χ1) is 13.1. The van der Waals surface area contributed by atoms with Crippen LogP contribution in [0.4, 0.5) is 5.69 Å². The lowest BCUT2D eigenvalue weighted by atomic mass is 10.0. The summed E-state index contributed by atoms with van der Waals surface area (Å²) in [4.78, 5) is 25.1. The summed E-state index contributed by atoms with van der Waals surface area (Å²) < 4.78 is 5.70. The second-order valence-corrected chi connectivity index (χ2v) is 7.91. The molecule has 2 amide bonds. The van der Waals surface area contributed by atoms with E-state index in [1.54, 1.807) is 36.4 Å². The molecule has 2 N–H and O–H groups in total. The highest BCUT2D eigenvalue weighted by atomic mass is 35.5. The number of anilines is 1. The van der Waals surface area contributed by atoms with Crippen LogP contribution in [0.2, 0.25) is 5.02 Å². The summed E-state index contributed by atoms with van der Waals surface area (Å²) in [5, 5.41) is 6.02. The molecule has 6 heteroatoms. The normalized spacial score (nSPS) is 11.2. The number of benzene rings is 2. The molecule has 0 radical (unpaired) electrons. The summed E-state index contributed by atoms with van der Waals surface area (Å²) in [7, 11) is 0. The summed E-state index contributed by atoms with van der Waals surface area (Å²) in [6.07, 6.45) is 0.746. The monoisotopic (exact) mass is 402 g/mol. The van der Waals surface area contributed by atoms with Gasteiger partial charge in [-0.15, -0.1) is 0 Å². The summed E-state index contributed by atoms with van der Waals surface area (Å²) in [6, 6.07) is 11.9. The Bertz CT molecular complexity index is 863. The van der Waals surface area contributed by atoms with Gasteiger partial charge in [0, 0.05) is 11.2 Å². The van der Waals surface area contributed by atoms with E-state index < -0.39 is 0 Å². The molecule has 28 heavy (non-hydrogen) atoms. The maximum atomic E-state index is 12.7. The molecule has 0 fully saturated rings. The van der Waals surface area contributed by atoms with Crippen LogP contribution >= 0.6 is 11.6 Å². The van der Waals surface area contributed by atoms with Gasteiger partial charge >= 0.3 is 0 Å². The Balaban J connectivity index is 2.17. The zero-order valence-corrected chi connectivity index (χ0v) is 17.7. The zero-order chi connectivity index (χ0) is 20.9. The highest BCUT2D eigenvalue weighted by molar-refractivity contribution is 6.34. The van der Waals surface area contributed by atoms with Crippen LogP contribution in [-0.4, -0.2) is 23.5 Å². The van der Waals surface area contributed by atoms with Crippen molar-refractivity contribution < 1.29 is 14.3 Å². The smallest absolute Gasteiger partial charge is 0.259 e. The topological polar surface area (TPSA) is 67.4 Å². The van der Waals surface area contributed by atoms with Crippen molar-refractivity contribution in [3.8, 4) is 5.75 Å². The van der Waals surface area contributed by atoms with Crippen LogP contribution < -0.4 is 15.4 Å². The Morgan fingerprint density at radius 1 is 1.07 bits per heavy atom. The molecule has 0 aromatic heterocycles. The molecule has 2 aromatic rings. The van der Waals surface area contributed by atoms with E-state index in [-0.39, 0.29) is 28.5 Å². The number of amides is 2. The highest BCUT2D eigenvalue weighted by Gasteiger charge is 2.21. The quantitative estimate of drug-likeness (QED) is 0.660. The number of hydrogen-bond acceptors (Lipinski definition) is 3. The van der Waals surface area contributed by atoms with Crippen molar-refractivity contribution in [2.75, 3.05) is 5.32 Å². The van der Waals surface area contributed by atoms with E-state index in [1.807, 2.05) is 40.7 Å². The van der Waals surface area contributed by atoms with Crippen LogP contribution in [0, 0.1) is 0 Å². The number of nitrogens with one attached hydrogen (secondary N) is 2. The van der Waals surface area contributed by atoms with E-state index in [0.29, 0.717) is 22.6 Å². The first kappa shape index (κ1) is 21.8. The van der Waals surface area contributed by atoms with E-state index in [1.165, 1.54) is 0 Å². The standard InChI is InChI=1S/C22H27ClN2O3/c1-6-22(4,5)25-21(27)16-12-11-15(13-18(16)23)24-20(26)17-9-7-8-10-19(17)28-14(2)3/h7-14H,6H2,1-5H3,(H,24,26)(H,25,27). The largest absolute Gasteiger partial charge is 0.490 e. The fraction of sp³-hybridized carbons (Fsp3) is 0.364. The molecular weight excluding hydrogens is 376 g/mol. The predicted octanol–water partition coefficient (Wildman–Crippen LogP) is 5.30. The number of carbonyl (C=O) groups is 2. The van der Waals surface area contributed by atoms with Crippen LogP contribution in [0.25, 0.3) is 0 Å². The lowest BCUT2D eigenvalue weighted by Gasteiger charge is -2.24. The van der Waals surface area contributed by atoms with Crippen molar-refractivity contribution in [1.29, 1.82) is 0 Å². The van der Waals surface area contributed by atoms with Gasteiger partial charge < -0.3 is 15.4 Å². The van der Waals surface area contributed by atoms with Crippen LogP contribution in [0.5, 0.6) is 5.75 Å². The lowest BCUT2D eigenvalue weighted by molar-refractivity contribution is 0.0911. The van der Waals surface area contributed by atoms with E-state index in [4.69, 9.17) is 16.3 Å². The van der Waals surface area contributed by atoms with Crippen LogP contribution in [0.15, 0.2) is 42.5 Å². The van der Waals surface area contributed by atoms with Gasteiger partial charge in [-0.3, -0.25) is 9.59 Å². The van der Waals surface area contributed by atoms with E-state index >= 15 is 0 Å². The van der Waals surface area contributed by atoms with E-state index in [0.717, 1.165) is 6.42 Å². The van der Waals surface area contributed by atoms with E-state index in [9.17, 15) is 9.59 Å². The van der Waals surface area contributed by atoms with Gasteiger partial charge in [0.05, 0.1) is 22.3 Å². The first-order valence-corrected chi connectivity index (χ1v) is 9.70. The third kappa shape index (κ3) is 5.73. The van der Waals surface area contributed by atoms with Crippen LogP contribution in [-0.2, 0) is 0 Å². The van der Waals surface area contributed by atoms with Crippen LogP contribution in [0.3, 0.4) is 0 Å². The number of rotatable bonds is 7. The summed E-state index contributed by atoms with van der Waals surface area (Å²) in [5.74, 6) is -0.0408. The van der Waals surface area contributed by atoms with Gasteiger partial charge in [-0.2, -0.15) is 0 Å². The number of halogens is 1. The maximum absolute atomic E-state index is 12.7. The molecule has 2 aromatic carbocycles. The maximum Gasteiger partial charge on any atom is 0.259 e. The van der Waals surface area contributed by atoms with Gasteiger partial charge in [0.2, 0.25) is 0 Å². The zero-order valence-electron chi connectivity index (χ0n) is 16.9. The molecule has 0 atom stereocenters. The van der Waals surface area contributed by atoms with Crippen molar-refractivity contribution >= 4 is 29.1 Å². The molecule has 0 bridgehead atoms. The Kier molecular flexibility index (Phi) is 7.08. The van der Waals surface area contributed by atoms with Crippen molar-refractivity contribution in [3.63, 3.8) is 0 Å². The Morgan fingerprint density at radius 2 is 1.75 bits per heavy atom. The van der Waals surface area contributed by atoms with Crippen molar-refractivity contribution in [2.24, 2.45) is 0 Å². The predicted molar refractivity (Wildman–Crippen MR) is 113 cm³/mol. The van der Waals surface area contributed by atoms with Gasteiger partial charge in [-0.25, -0.2) is 0 Å². The minimum atomic E-state index is -0.326. The molecule has 0 saturated carbocycles. The Labute approximate surface area is 171 Å². The molecule has 0 unspecified atom stereocenters. The fourth-order valence-corrected chi connectivity index (χ4v) is 2.72. The minimum absolute atomic E-state index is 0.0476. The molecule has 0 aliphatic heterocycles. The van der Waals surface area contributed by atoms with E-state index in [2.05, 4.69) is 10.6 Å². The van der Waals surface area contributed by atoms with Gasteiger partial charge in [-0.1, -0.05) is 30.7 Å². The van der Waals surface area contributed by atoms with Gasteiger partial charge in [0.1, 0.15) is 5.75 Å². The molecule has 0 spiro atoms. The molecule has 0 aliphatic carbocycles. The number of ether oxygens (including phenoxy) is 1. The summed E-state index contributed by atoms with van der Waals surface area (Å²) in [5.41, 5.74) is 0.970. The molecule has 0 heterocycles. The molecule has 150 valence electrons. The molecule has 0 aliphatic rings. The second kappa shape index (κ2) is 9.11. The van der Waals surface area contributed by atoms with Gasteiger partial charge in [-0.05, 0) is 64.4 Å². The molecular formula is C22H27ClN2O3. The molecule has 0 saturated heterocycles.